The Balaban J connectivity index is 2.13. The molecule has 1 unspecified atom stereocenters. The van der Waals surface area contributed by atoms with Gasteiger partial charge < -0.3 is 9.88 Å². The summed E-state index contributed by atoms with van der Waals surface area (Å²) in [7, 11) is 0. The topological polar surface area (TPSA) is 29.9 Å². The third-order valence-electron chi connectivity index (χ3n) is 3.97. The number of rotatable bonds is 4. The van der Waals surface area contributed by atoms with Gasteiger partial charge in [0.15, 0.2) is 0 Å². The molecule has 3 heteroatoms. The molecular formula is C14H25N3. The summed E-state index contributed by atoms with van der Waals surface area (Å²) in [6.07, 6.45) is 7.97. The van der Waals surface area contributed by atoms with Gasteiger partial charge in [-0.1, -0.05) is 34.1 Å². The number of hydrogen-bond acceptors (Lipinski definition) is 2. The molecule has 0 aliphatic heterocycles. The average molecular weight is 235 g/mol. The number of imidazole rings is 1. The van der Waals surface area contributed by atoms with Crippen LogP contribution in [-0.2, 0) is 6.54 Å². The maximum absolute atomic E-state index is 4.33. The predicted molar refractivity (Wildman–Crippen MR) is 70.9 cm³/mol. The van der Waals surface area contributed by atoms with Gasteiger partial charge in [-0.05, 0) is 18.3 Å². The van der Waals surface area contributed by atoms with Gasteiger partial charge in [-0.25, -0.2) is 4.98 Å². The molecule has 1 heterocycles. The molecule has 0 radical (unpaired) electrons. The first-order valence-corrected chi connectivity index (χ1v) is 6.75. The van der Waals surface area contributed by atoms with Gasteiger partial charge >= 0.3 is 0 Å². The Hall–Kier alpha value is -0.830. The fraction of sp³-hybridized carbons (Fsp3) is 0.786. The molecule has 0 saturated heterocycles. The largest absolute Gasteiger partial charge is 0.330 e. The molecule has 0 bridgehead atoms. The van der Waals surface area contributed by atoms with E-state index in [1.807, 2.05) is 12.5 Å². The van der Waals surface area contributed by atoms with Gasteiger partial charge in [0, 0.05) is 24.8 Å². The third kappa shape index (κ3) is 2.71. The van der Waals surface area contributed by atoms with Crippen LogP contribution in [0.3, 0.4) is 0 Å². The van der Waals surface area contributed by atoms with E-state index >= 15 is 0 Å². The summed E-state index contributed by atoms with van der Waals surface area (Å²) in [6.45, 7) is 10.0. The SMILES string of the molecule is CC(C)NCc1cncn1C1CCCC1(C)C. The second-order valence-corrected chi connectivity index (χ2v) is 6.22. The molecule has 1 fully saturated rings. The van der Waals surface area contributed by atoms with Crippen molar-refractivity contribution in [3.63, 3.8) is 0 Å². The third-order valence-corrected chi connectivity index (χ3v) is 3.97. The fourth-order valence-corrected chi connectivity index (χ4v) is 2.88. The second-order valence-electron chi connectivity index (χ2n) is 6.22. The molecule has 1 aliphatic carbocycles. The van der Waals surface area contributed by atoms with Crippen LogP contribution in [0.15, 0.2) is 12.5 Å². The summed E-state index contributed by atoms with van der Waals surface area (Å²) in [5, 5.41) is 3.48. The zero-order valence-electron chi connectivity index (χ0n) is 11.5. The molecule has 1 N–H and O–H groups in total. The van der Waals surface area contributed by atoms with Crippen molar-refractivity contribution in [1.29, 1.82) is 0 Å². The van der Waals surface area contributed by atoms with Gasteiger partial charge in [0.05, 0.1) is 12.0 Å². The smallest absolute Gasteiger partial charge is 0.0951 e. The lowest BCUT2D eigenvalue weighted by molar-refractivity contribution is 0.255. The molecule has 0 amide bonds. The Bertz CT molecular complexity index is 365. The monoisotopic (exact) mass is 235 g/mol. The highest BCUT2D eigenvalue weighted by molar-refractivity contribution is 5.04. The van der Waals surface area contributed by atoms with Gasteiger partial charge in [-0.15, -0.1) is 0 Å². The summed E-state index contributed by atoms with van der Waals surface area (Å²) in [6, 6.07) is 1.14. The fourth-order valence-electron chi connectivity index (χ4n) is 2.88. The molecule has 3 nitrogen and oxygen atoms in total. The van der Waals surface area contributed by atoms with Crippen LogP contribution in [-0.4, -0.2) is 15.6 Å². The van der Waals surface area contributed by atoms with Crippen molar-refractivity contribution in [2.24, 2.45) is 5.41 Å². The predicted octanol–water partition coefficient (Wildman–Crippen LogP) is 3.13. The van der Waals surface area contributed by atoms with E-state index in [0.29, 0.717) is 17.5 Å². The van der Waals surface area contributed by atoms with Gasteiger partial charge in [0.2, 0.25) is 0 Å². The van der Waals surface area contributed by atoms with E-state index in [2.05, 4.69) is 42.6 Å². The Morgan fingerprint density at radius 2 is 2.29 bits per heavy atom. The van der Waals surface area contributed by atoms with E-state index in [-0.39, 0.29) is 0 Å². The van der Waals surface area contributed by atoms with E-state index in [0.717, 1.165) is 6.54 Å². The second kappa shape index (κ2) is 4.81. The molecule has 1 aromatic rings. The van der Waals surface area contributed by atoms with Crippen LogP contribution in [0.4, 0.5) is 0 Å². The maximum Gasteiger partial charge on any atom is 0.0951 e. The Morgan fingerprint density at radius 3 is 2.88 bits per heavy atom. The highest BCUT2D eigenvalue weighted by Crippen LogP contribution is 2.46. The number of nitrogens with zero attached hydrogens (tertiary/aromatic N) is 2. The quantitative estimate of drug-likeness (QED) is 0.869. The van der Waals surface area contributed by atoms with E-state index in [1.54, 1.807) is 0 Å². The number of hydrogen-bond donors (Lipinski definition) is 1. The number of aromatic nitrogens is 2. The zero-order chi connectivity index (χ0) is 12.5. The van der Waals surface area contributed by atoms with Gasteiger partial charge in [-0.2, -0.15) is 0 Å². The minimum atomic E-state index is 0.410. The van der Waals surface area contributed by atoms with E-state index in [4.69, 9.17) is 0 Å². The van der Waals surface area contributed by atoms with Gasteiger partial charge in [0.25, 0.3) is 0 Å². The molecule has 96 valence electrons. The van der Waals surface area contributed by atoms with Crippen molar-refractivity contribution in [1.82, 2.24) is 14.9 Å². The van der Waals surface area contributed by atoms with Crippen LogP contribution in [0.2, 0.25) is 0 Å². The molecule has 1 saturated carbocycles. The van der Waals surface area contributed by atoms with E-state index in [1.165, 1.54) is 25.0 Å². The normalized spacial score (nSPS) is 23.5. The van der Waals surface area contributed by atoms with Crippen LogP contribution in [0, 0.1) is 5.41 Å². The summed E-state index contributed by atoms with van der Waals surface area (Å²) >= 11 is 0. The van der Waals surface area contributed by atoms with Crippen LogP contribution < -0.4 is 5.32 Å². The minimum absolute atomic E-state index is 0.410. The van der Waals surface area contributed by atoms with Gasteiger partial charge in [-0.3, -0.25) is 0 Å². The van der Waals surface area contributed by atoms with Crippen molar-refractivity contribution in [3.8, 4) is 0 Å². The van der Waals surface area contributed by atoms with Gasteiger partial charge in [0.1, 0.15) is 0 Å². The van der Waals surface area contributed by atoms with Crippen molar-refractivity contribution in [2.75, 3.05) is 0 Å². The molecular weight excluding hydrogens is 210 g/mol. The summed E-state index contributed by atoms with van der Waals surface area (Å²) in [5.74, 6) is 0. The first-order valence-electron chi connectivity index (χ1n) is 6.75. The molecule has 2 rings (SSSR count). The zero-order valence-corrected chi connectivity index (χ0v) is 11.5. The summed E-state index contributed by atoms with van der Waals surface area (Å²) in [4.78, 5) is 4.33. The van der Waals surface area contributed by atoms with Crippen LogP contribution in [0.1, 0.15) is 58.7 Å². The lowest BCUT2D eigenvalue weighted by Gasteiger charge is -2.29. The Labute approximate surface area is 105 Å². The first kappa shape index (κ1) is 12.6. The first-order chi connectivity index (χ1) is 8.00. The van der Waals surface area contributed by atoms with Crippen LogP contribution in [0.25, 0.3) is 0 Å². The molecule has 1 atom stereocenters. The van der Waals surface area contributed by atoms with Crippen molar-refractivity contribution in [2.45, 2.75) is 65.6 Å². The van der Waals surface area contributed by atoms with Crippen molar-refractivity contribution in [3.05, 3.63) is 18.2 Å². The molecule has 1 aliphatic rings. The lowest BCUT2D eigenvalue weighted by atomic mass is 9.87. The van der Waals surface area contributed by atoms with E-state index in [9.17, 15) is 0 Å². The van der Waals surface area contributed by atoms with Crippen LogP contribution >= 0.6 is 0 Å². The molecule has 1 aromatic heterocycles. The maximum atomic E-state index is 4.33. The Morgan fingerprint density at radius 1 is 1.53 bits per heavy atom. The Kier molecular flexibility index (Phi) is 3.57. The highest BCUT2D eigenvalue weighted by Gasteiger charge is 2.36. The molecule has 0 aromatic carbocycles. The average Bonchev–Trinajstić information content (AvgIpc) is 2.80. The minimum Gasteiger partial charge on any atom is -0.330 e. The lowest BCUT2D eigenvalue weighted by Crippen LogP contribution is -2.27. The number of nitrogens with one attached hydrogen (secondary N) is 1. The van der Waals surface area contributed by atoms with Crippen molar-refractivity contribution < 1.29 is 0 Å². The summed E-state index contributed by atoms with van der Waals surface area (Å²) < 4.78 is 2.39. The van der Waals surface area contributed by atoms with Crippen LogP contribution in [0.5, 0.6) is 0 Å². The highest BCUT2D eigenvalue weighted by atomic mass is 15.1. The molecule has 17 heavy (non-hydrogen) atoms. The van der Waals surface area contributed by atoms with Crippen molar-refractivity contribution >= 4 is 0 Å². The standard InChI is InChI=1S/C14H25N3/c1-11(2)16-9-12-8-15-10-17(12)13-6-5-7-14(13,3)4/h8,10-11,13,16H,5-7,9H2,1-4H3. The molecule has 0 spiro atoms. The summed E-state index contributed by atoms with van der Waals surface area (Å²) in [5.41, 5.74) is 1.73. The van der Waals surface area contributed by atoms with E-state index < -0.39 is 0 Å².